The van der Waals surface area contributed by atoms with Crippen LogP contribution in [0.25, 0.3) is 5.78 Å². The average Bonchev–Trinajstić information content (AvgIpc) is 3.25. The van der Waals surface area contributed by atoms with Crippen molar-refractivity contribution in [2.75, 3.05) is 0 Å². The van der Waals surface area contributed by atoms with Crippen LogP contribution in [0.3, 0.4) is 0 Å². The number of fused-ring (bicyclic) bond motifs is 1. The number of hydrogen-bond acceptors (Lipinski definition) is 5. The third-order valence-corrected chi connectivity index (χ3v) is 7.04. The Morgan fingerprint density at radius 2 is 1.81 bits per heavy atom. The Morgan fingerprint density at radius 3 is 2.55 bits per heavy atom. The number of hydrogen-bond donors (Lipinski definition) is 0. The van der Waals surface area contributed by atoms with Crippen LogP contribution in [-0.4, -0.2) is 28.6 Å². The molecule has 0 amide bonds. The van der Waals surface area contributed by atoms with Crippen molar-refractivity contribution in [3.63, 3.8) is 0 Å². The Bertz CT molecular complexity index is 1340. The highest BCUT2D eigenvalue weighted by atomic mass is 32.2. The number of carbonyl (C=O) groups excluding carboxylic acids is 1. The molecule has 0 aliphatic carbocycles. The van der Waals surface area contributed by atoms with Crippen LogP contribution in [0.1, 0.15) is 47.7 Å². The number of carbonyl (C=O) groups is 1. The van der Waals surface area contributed by atoms with Gasteiger partial charge >= 0.3 is 0 Å². The lowest BCUT2D eigenvalue weighted by Gasteiger charge is -2.10. The van der Waals surface area contributed by atoms with Crippen molar-refractivity contribution in [1.29, 1.82) is 0 Å². The lowest BCUT2D eigenvalue weighted by atomic mass is 10.0. The zero-order chi connectivity index (χ0) is 22.0. The molecule has 2 aromatic heterocycles. The summed E-state index contributed by atoms with van der Waals surface area (Å²) in [6.07, 6.45) is 7.46. The summed E-state index contributed by atoms with van der Waals surface area (Å²) in [4.78, 5) is 21.3. The number of ketones is 1. The van der Waals surface area contributed by atoms with Gasteiger partial charge in [-0.1, -0.05) is 38.1 Å². The molecule has 0 saturated carbocycles. The van der Waals surface area contributed by atoms with Gasteiger partial charge in [-0.2, -0.15) is 0 Å². The molecule has 6 nitrogen and oxygen atoms in total. The lowest BCUT2D eigenvalue weighted by molar-refractivity contribution is 0.0982. The van der Waals surface area contributed by atoms with E-state index in [9.17, 15) is 13.2 Å². The Balaban J connectivity index is 1.46. The zero-order valence-corrected chi connectivity index (χ0v) is 18.2. The van der Waals surface area contributed by atoms with Crippen LogP contribution in [0.2, 0.25) is 0 Å². The van der Waals surface area contributed by atoms with Crippen LogP contribution in [0, 0.1) is 0 Å². The van der Waals surface area contributed by atoms with Crippen molar-refractivity contribution in [2.24, 2.45) is 0 Å². The lowest BCUT2D eigenvalue weighted by Crippen LogP contribution is -2.05. The van der Waals surface area contributed by atoms with Crippen molar-refractivity contribution in [1.82, 2.24) is 14.4 Å². The summed E-state index contributed by atoms with van der Waals surface area (Å²) in [6.45, 7) is 4.07. The van der Waals surface area contributed by atoms with Crippen LogP contribution in [0.15, 0.2) is 83.1 Å². The second-order valence-corrected chi connectivity index (χ2v) is 9.72. The predicted molar refractivity (Wildman–Crippen MR) is 118 cm³/mol. The minimum atomic E-state index is -3.59. The first-order valence-corrected chi connectivity index (χ1v) is 11.6. The second kappa shape index (κ2) is 8.43. The fraction of sp³-hybridized carbons (Fsp3) is 0.208. The Morgan fingerprint density at radius 1 is 1.03 bits per heavy atom. The first-order valence-electron chi connectivity index (χ1n) is 10.1. The molecule has 158 valence electrons. The normalized spacial score (nSPS) is 11.8. The number of Topliss-reactive ketones (excluding diaryl/α,β-unsaturated/α-hetero) is 1. The largest absolute Gasteiger partial charge is 0.294 e. The molecule has 0 radical (unpaired) electrons. The fourth-order valence-electron chi connectivity index (χ4n) is 3.37. The summed E-state index contributed by atoms with van der Waals surface area (Å²) in [7, 11) is -3.59. The summed E-state index contributed by atoms with van der Waals surface area (Å²) in [5.74, 6) is 0.775. The van der Waals surface area contributed by atoms with Gasteiger partial charge in [0, 0.05) is 31.2 Å². The van der Waals surface area contributed by atoms with Gasteiger partial charge in [0.1, 0.15) is 0 Å². The molecule has 0 atom stereocenters. The maximum atomic E-state index is 13.0. The number of sulfone groups is 1. The summed E-state index contributed by atoms with van der Waals surface area (Å²) >= 11 is 0. The molecule has 0 unspecified atom stereocenters. The topological polar surface area (TPSA) is 81.4 Å². The third-order valence-electron chi connectivity index (χ3n) is 5.28. The van der Waals surface area contributed by atoms with E-state index in [0.717, 1.165) is 11.1 Å². The van der Waals surface area contributed by atoms with Gasteiger partial charge in [0.05, 0.1) is 15.4 Å². The van der Waals surface area contributed by atoms with E-state index in [1.165, 1.54) is 6.20 Å². The molecule has 0 spiro atoms. The second-order valence-electron chi connectivity index (χ2n) is 7.77. The molecule has 2 aromatic carbocycles. The predicted octanol–water partition coefficient (Wildman–Crippen LogP) is 4.50. The van der Waals surface area contributed by atoms with Gasteiger partial charge < -0.3 is 0 Å². The monoisotopic (exact) mass is 433 g/mol. The Hall–Kier alpha value is -3.32. The van der Waals surface area contributed by atoms with E-state index >= 15 is 0 Å². The molecule has 2 heterocycles. The molecule has 7 heteroatoms. The molecule has 4 rings (SSSR count). The van der Waals surface area contributed by atoms with Crippen LogP contribution >= 0.6 is 0 Å². The molecule has 0 saturated heterocycles. The number of imidazole rings is 1. The van der Waals surface area contributed by atoms with E-state index in [4.69, 9.17) is 0 Å². The molecular weight excluding hydrogens is 410 g/mol. The van der Waals surface area contributed by atoms with E-state index < -0.39 is 9.84 Å². The highest BCUT2D eigenvalue weighted by Crippen LogP contribution is 2.25. The standard InChI is InChI=1S/C24H23N3O3S/c1-17(2)19-4-3-5-22(14-19)31(29,30)21-9-6-18(7-10-21)8-11-23(28)20-15-26-24-25-12-13-27(24)16-20/h3-7,9-10,12-17H,8,11H2,1-2H3. The van der Waals surface area contributed by atoms with E-state index in [0.29, 0.717) is 29.1 Å². The minimum absolute atomic E-state index is 0.0229. The first kappa shape index (κ1) is 20.9. The van der Waals surface area contributed by atoms with Gasteiger partial charge in [-0.3, -0.25) is 9.20 Å². The van der Waals surface area contributed by atoms with Gasteiger partial charge in [0.15, 0.2) is 5.78 Å². The number of nitrogens with zero attached hydrogens (tertiary/aromatic N) is 3. The minimum Gasteiger partial charge on any atom is -0.294 e. The van der Waals surface area contributed by atoms with Gasteiger partial charge in [-0.25, -0.2) is 18.4 Å². The van der Waals surface area contributed by atoms with Crippen molar-refractivity contribution >= 4 is 21.4 Å². The summed E-state index contributed by atoms with van der Waals surface area (Å²) < 4.78 is 27.7. The third kappa shape index (κ3) is 4.41. The maximum Gasteiger partial charge on any atom is 0.233 e. The average molecular weight is 434 g/mol. The van der Waals surface area contributed by atoms with Crippen LogP contribution < -0.4 is 0 Å². The van der Waals surface area contributed by atoms with Crippen LogP contribution in [-0.2, 0) is 16.3 Å². The molecule has 0 aliphatic rings. The fourth-order valence-corrected chi connectivity index (χ4v) is 4.69. The van der Waals surface area contributed by atoms with E-state index in [-0.39, 0.29) is 16.6 Å². The Labute approximate surface area is 181 Å². The maximum absolute atomic E-state index is 13.0. The molecular formula is C24H23N3O3S. The Kier molecular flexibility index (Phi) is 5.69. The molecule has 0 fully saturated rings. The van der Waals surface area contributed by atoms with Gasteiger partial charge in [0.25, 0.3) is 0 Å². The summed E-state index contributed by atoms with van der Waals surface area (Å²) in [6, 6.07) is 13.8. The van der Waals surface area contributed by atoms with Crippen molar-refractivity contribution in [3.05, 3.63) is 90.0 Å². The van der Waals surface area contributed by atoms with Gasteiger partial charge in [-0.05, 0) is 47.7 Å². The highest BCUT2D eigenvalue weighted by Gasteiger charge is 2.18. The van der Waals surface area contributed by atoms with Crippen molar-refractivity contribution < 1.29 is 13.2 Å². The quantitative estimate of drug-likeness (QED) is 0.401. The number of rotatable bonds is 7. The molecule has 31 heavy (non-hydrogen) atoms. The smallest absolute Gasteiger partial charge is 0.233 e. The van der Waals surface area contributed by atoms with E-state index in [2.05, 4.69) is 9.97 Å². The summed E-state index contributed by atoms with van der Waals surface area (Å²) in [5, 5.41) is 0. The van der Waals surface area contributed by atoms with Crippen LogP contribution in [0.4, 0.5) is 0 Å². The number of aryl methyl sites for hydroxylation is 1. The summed E-state index contributed by atoms with van der Waals surface area (Å²) in [5.41, 5.74) is 2.41. The van der Waals surface area contributed by atoms with E-state index in [1.807, 2.05) is 19.9 Å². The first-order chi connectivity index (χ1) is 14.8. The van der Waals surface area contributed by atoms with Crippen molar-refractivity contribution in [3.8, 4) is 0 Å². The number of benzene rings is 2. The van der Waals surface area contributed by atoms with Crippen LogP contribution in [0.5, 0.6) is 0 Å². The van der Waals surface area contributed by atoms with Gasteiger partial charge in [0.2, 0.25) is 15.6 Å². The molecule has 4 aromatic rings. The van der Waals surface area contributed by atoms with E-state index in [1.54, 1.807) is 65.5 Å². The SMILES string of the molecule is CC(C)c1cccc(S(=O)(=O)c2ccc(CCC(=O)c3cnc4nccn4c3)cc2)c1. The molecule has 0 N–H and O–H groups in total. The number of aromatic nitrogens is 3. The molecule has 0 aliphatic heterocycles. The van der Waals surface area contributed by atoms with Gasteiger partial charge in [-0.15, -0.1) is 0 Å². The highest BCUT2D eigenvalue weighted by molar-refractivity contribution is 7.91. The zero-order valence-electron chi connectivity index (χ0n) is 17.4. The van der Waals surface area contributed by atoms with Crippen molar-refractivity contribution in [2.45, 2.75) is 42.4 Å². The molecule has 0 bridgehead atoms.